The molecule has 0 saturated carbocycles. The van der Waals surface area contributed by atoms with E-state index < -0.39 is 0 Å². The first-order valence-corrected chi connectivity index (χ1v) is 8.81. The van der Waals surface area contributed by atoms with Crippen molar-refractivity contribution in [1.29, 1.82) is 0 Å². The summed E-state index contributed by atoms with van der Waals surface area (Å²) in [6.07, 6.45) is 0. The SMILES string of the molecule is COc1cccc(CNC(=O)c2cccc(OCc3nsnc3C)c2)c1. The van der Waals surface area contributed by atoms with Crippen molar-refractivity contribution in [3.63, 3.8) is 0 Å². The van der Waals surface area contributed by atoms with E-state index in [1.54, 1.807) is 25.3 Å². The molecule has 0 atom stereocenters. The molecule has 1 heterocycles. The molecule has 0 spiro atoms. The van der Waals surface area contributed by atoms with Crippen molar-refractivity contribution in [2.75, 3.05) is 7.11 Å². The van der Waals surface area contributed by atoms with Crippen molar-refractivity contribution in [2.45, 2.75) is 20.1 Å². The van der Waals surface area contributed by atoms with E-state index in [-0.39, 0.29) is 5.91 Å². The summed E-state index contributed by atoms with van der Waals surface area (Å²) in [5, 5.41) is 2.90. The van der Waals surface area contributed by atoms with Crippen LogP contribution >= 0.6 is 11.7 Å². The minimum absolute atomic E-state index is 0.162. The zero-order valence-electron chi connectivity index (χ0n) is 14.6. The third kappa shape index (κ3) is 4.58. The quantitative estimate of drug-likeness (QED) is 0.691. The van der Waals surface area contributed by atoms with E-state index in [1.807, 2.05) is 37.3 Å². The number of nitrogens with zero attached hydrogens (tertiary/aromatic N) is 2. The number of aromatic nitrogens is 2. The largest absolute Gasteiger partial charge is 0.497 e. The molecular formula is C19H19N3O3S. The monoisotopic (exact) mass is 369 g/mol. The smallest absolute Gasteiger partial charge is 0.251 e. The molecule has 134 valence electrons. The van der Waals surface area contributed by atoms with Crippen LogP contribution in [0.15, 0.2) is 48.5 Å². The molecule has 3 rings (SSSR count). The van der Waals surface area contributed by atoms with Gasteiger partial charge in [-0.3, -0.25) is 4.79 Å². The first-order valence-electron chi connectivity index (χ1n) is 8.08. The number of aryl methyl sites for hydroxylation is 1. The van der Waals surface area contributed by atoms with E-state index >= 15 is 0 Å². The molecule has 0 aliphatic rings. The lowest BCUT2D eigenvalue weighted by Gasteiger charge is -2.09. The van der Waals surface area contributed by atoms with Gasteiger partial charge in [0, 0.05) is 12.1 Å². The summed E-state index contributed by atoms with van der Waals surface area (Å²) in [5.74, 6) is 1.22. The average molecular weight is 369 g/mol. The Kier molecular flexibility index (Phi) is 5.80. The highest BCUT2D eigenvalue weighted by Gasteiger charge is 2.09. The van der Waals surface area contributed by atoms with Crippen molar-refractivity contribution in [3.8, 4) is 11.5 Å². The summed E-state index contributed by atoms with van der Waals surface area (Å²) < 4.78 is 19.2. The molecule has 1 aromatic heterocycles. The maximum atomic E-state index is 12.4. The van der Waals surface area contributed by atoms with Gasteiger partial charge in [0.1, 0.15) is 23.8 Å². The Morgan fingerprint density at radius 3 is 2.69 bits per heavy atom. The molecule has 0 aliphatic carbocycles. The fourth-order valence-corrected chi connectivity index (χ4v) is 2.88. The Labute approximate surface area is 156 Å². The van der Waals surface area contributed by atoms with E-state index in [9.17, 15) is 4.79 Å². The maximum Gasteiger partial charge on any atom is 0.251 e. The first kappa shape index (κ1) is 17.9. The van der Waals surface area contributed by atoms with Crippen LogP contribution in [-0.2, 0) is 13.2 Å². The summed E-state index contributed by atoms with van der Waals surface area (Å²) in [5.41, 5.74) is 3.18. The molecule has 0 saturated heterocycles. The van der Waals surface area contributed by atoms with Gasteiger partial charge < -0.3 is 14.8 Å². The third-order valence-electron chi connectivity index (χ3n) is 3.81. The normalized spacial score (nSPS) is 10.4. The molecule has 0 bridgehead atoms. The van der Waals surface area contributed by atoms with Crippen LogP contribution in [0.4, 0.5) is 0 Å². The molecule has 3 aromatic rings. The van der Waals surface area contributed by atoms with Crippen LogP contribution in [0.2, 0.25) is 0 Å². The molecule has 0 radical (unpaired) electrons. The summed E-state index contributed by atoms with van der Waals surface area (Å²) in [7, 11) is 1.62. The molecule has 0 aliphatic heterocycles. The van der Waals surface area contributed by atoms with Crippen molar-refractivity contribution in [2.24, 2.45) is 0 Å². The van der Waals surface area contributed by atoms with Crippen LogP contribution in [0.3, 0.4) is 0 Å². The third-order valence-corrected chi connectivity index (χ3v) is 4.46. The van der Waals surface area contributed by atoms with Crippen molar-refractivity contribution in [3.05, 3.63) is 71.0 Å². The fourth-order valence-electron chi connectivity index (χ4n) is 2.33. The summed E-state index contributed by atoms with van der Waals surface area (Å²) in [4.78, 5) is 12.4. The number of rotatable bonds is 7. The van der Waals surface area contributed by atoms with Crippen molar-refractivity contribution < 1.29 is 14.3 Å². The van der Waals surface area contributed by atoms with E-state index in [4.69, 9.17) is 9.47 Å². The number of methoxy groups -OCH3 is 1. The van der Waals surface area contributed by atoms with E-state index in [0.29, 0.717) is 24.5 Å². The lowest BCUT2D eigenvalue weighted by molar-refractivity contribution is 0.0950. The Balaban J connectivity index is 1.59. The number of carbonyl (C=O) groups is 1. The number of nitrogens with one attached hydrogen (secondary N) is 1. The van der Waals surface area contributed by atoms with Gasteiger partial charge in [0.2, 0.25) is 0 Å². The Hall–Kier alpha value is -2.93. The van der Waals surface area contributed by atoms with Gasteiger partial charge in [0.15, 0.2) is 0 Å². The van der Waals surface area contributed by atoms with Gasteiger partial charge in [0.05, 0.1) is 24.5 Å². The van der Waals surface area contributed by atoms with Gasteiger partial charge >= 0.3 is 0 Å². The highest BCUT2D eigenvalue weighted by Crippen LogP contribution is 2.17. The second-order valence-electron chi connectivity index (χ2n) is 5.65. The lowest BCUT2D eigenvalue weighted by atomic mass is 10.1. The van der Waals surface area contributed by atoms with Gasteiger partial charge in [-0.25, -0.2) is 0 Å². The number of carbonyl (C=O) groups excluding carboxylic acids is 1. The Morgan fingerprint density at radius 1 is 1.12 bits per heavy atom. The van der Waals surface area contributed by atoms with E-state index in [1.165, 1.54) is 0 Å². The average Bonchev–Trinajstić information content (AvgIpc) is 3.09. The van der Waals surface area contributed by atoms with Gasteiger partial charge in [-0.05, 0) is 42.8 Å². The number of hydrogen-bond donors (Lipinski definition) is 1. The molecule has 2 aromatic carbocycles. The number of ether oxygens (including phenoxy) is 2. The maximum absolute atomic E-state index is 12.4. The second kappa shape index (κ2) is 8.44. The zero-order valence-corrected chi connectivity index (χ0v) is 15.4. The summed E-state index contributed by atoms with van der Waals surface area (Å²) >= 11 is 1.16. The summed E-state index contributed by atoms with van der Waals surface area (Å²) in [6, 6.07) is 14.7. The molecule has 0 unspecified atom stereocenters. The second-order valence-corrected chi connectivity index (χ2v) is 6.18. The molecule has 1 N–H and O–H groups in total. The first-order chi connectivity index (χ1) is 12.7. The molecule has 26 heavy (non-hydrogen) atoms. The van der Waals surface area contributed by atoms with Crippen LogP contribution in [0.25, 0.3) is 0 Å². The molecule has 6 nitrogen and oxygen atoms in total. The van der Waals surface area contributed by atoms with Gasteiger partial charge in [0.25, 0.3) is 5.91 Å². The highest BCUT2D eigenvalue weighted by molar-refractivity contribution is 6.99. The van der Waals surface area contributed by atoms with Crippen molar-refractivity contribution >= 4 is 17.6 Å². The van der Waals surface area contributed by atoms with Gasteiger partial charge in [-0.1, -0.05) is 18.2 Å². The number of amides is 1. The van der Waals surface area contributed by atoms with Gasteiger partial charge in [-0.15, -0.1) is 0 Å². The lowest BCUT2D eigenvalue weighted by Crippen LogP contribution is -2.22. The number of benzene rings is 2. The van der Waals surface area contributed by atoms with E-state index in [0.717, 1.165) is 34.4 Å². The Morgan fingerprint density at radius 2 is 1.92 bits per heavy atom. The molecule has 1 amide bonds. The highest BCUT2D eigenvalue weighted by atomic mass is 32.1. The topological polar surface area (TPSA) is 73.3 Å². The van der Waals surface area contributed by atoms with Crippen LogP contribution in [-0.4, -0.2) is 21.8 Å². The molecule has 0 fully saturated rings. The van der Waals surface area contributed by atoms with Crippen molar-refractivity contribution in [1.82, 2.24) is 14.1 Å². The van der Waals surface area contributed by atoms with Gasteiger partial charge in [-0.2, -0.15) is 8.75 Å². The zero-order chi connectivity index (χ0) is 18.4. The van der Waals surface area contributed by atoms with E-state index in [2.05, 4.69) is 14.1 Å². The van der Waals surface area contributed by atoms with Crippen LogP contribution in [0.5, 0.6) is 11.5 Å². The summed E-state index contributed by atoms with van der Waals surface area (Å²) in [6.45, 7) is 2.65. The minimum Gasteiger partial charge on any atom is -0.497 e. The Bertz CT molecular complexity index is 895. The van der Waals surface area contributed by atoms with Crippen LogP contribution < -0.4 is 14.8 Å². The minimum atomic E-state index is -0.162. The molecular weight excluding hydrogens is 350 g/mol. The van der Waals surface area contributed by atoms with Crippen LogP contribution in [0, 0.1) is 6.92 Å². The predicted octanol–water partition coefficient (Wildman–Crippen LogP) is 3.36. The molecule has 7 heteroatoms. The number of hydrogen-bond acceptors (Lipinski definition) is 6. The predicted molar refractivity (Wildman–Crippen MR) is 99.6 cm³/mol. The standard InChI is InChI=1S/C19H19N3O3S/c1-13-18(22-26-21-13)12-25-17-8-4-6-15(10-17)19(23)20-11-14-5-3-7-16(9-14)24-2/h3-10H,11-12H2,1-2H3,(H,20,23). The van der Waals surface area contributed by atoms with Crippen LogP contribution in [0.1, 0.15) is 27.3 Å². The fraction of sp³-hybridized carbons (Fsp3) is 0.211.